The standard InChI is InChI=1S/C38H38N6O7/c1-19-9-27(45)34-29(48-19)15-28-24(35(34)46)14-31(37(2,3)50-28)49-36(47)38(4)30(51-38)6-5-20-10-25(43-32(39)11-20)22-12-23(42-33(40)13-22)17-44-16-21-7-8-41-26(21)18-44/h7-13,15-16,30-31,46H,5-6,14,17-18H2,1-4H3,(H2,39,43)(H2,40,42)/p+1/t30-,31-,38+/m1/s1. The highest BCUT2D eigenvalue weighted by Gasteiger charge is 2.60. The summed E-state index contributed by atoms with van der Waals surface area (Å²) in [7, 11) is 0. The zero-order chi connectivity index (χ0) is 35.8. The first-order valence-electron chi connectivity index (χ1n) is 17.0. The second-order valence-corrected chi connectivity index (χ2v) is 14.4. The molecule has 4 aromatic rings. The summed E-state index contributed by atoms with van der Waals surface area (Å²) in [5.74, 6) is 0.809. The van der Waals surface area contributed by atoms with Crippen LogP contribution in [0.25, 0.3) is 22.2 Å². The Bertz CT molecular complexity index is 2290. The van der Waals surface area contributed by atoms with Gasteiger partial charge in [0.25, 0.3) is 0 Å². The van der Waals surface area contributed by atoms with E-state index in [1.54, 1.807) is 26.0 Å². The van der Waals surface area contributed by atoms with Gasteiger partial charge < -0.3 is 35.2 Å². The van der Waals surface area contributed by atoms with E-state index in [1.807, 2.05) is 44.3 Å². The van der Waals surface area contributed by atoms with E-state index in [9.17, 15) is 14.7 Å². The van der Waals surface area contributed by atoms with Gasteiger partial charge in [0.2, 0.25) is 0 Å². The number of quaternary nitrogens is 1. The Morgan fingerprint density at radius 2 is 1.90 bits per heavy atom. The van der Waals surface area contributed by atoms with Crippen LogP contribution in [0.1, 0.15) is 49.8 Å². The predicted molar refractivity (Wildman–Crippen MR) is 189 cm³/mol. The van der Waals surface area contributed by atoms with Gasteiger partial charge in [0.1, 0.15) is 76.6 Å². The van der Waals surface area contributed by atoms with Crippen LogP contribution >= 0.6 is 0 Å². The Hall–Kier alpha value is -5.53. The molecule has 0 saturated carbocycles. The number of rotatable bonds is 8. The van der Waals surface area contributed by atoms with Crippen molar-refractivity contribution in [1.29, 1.82) is 0 Å². The molecule has 51 heavy (non-hydrogen) atoms. The van der Waals surface area contributed by atoms with Crippen LogP contribution in [0.4, 0.5) is 11.6 Å². The number of aromatic hydroxyl groups is 1. The minimum absolute atomic E-state index is 0.0644. The summed E-state index contributed by atoms with van der Waals surface area (Å²) in [6.45, 7) is 8.45. The lowest BCUT2D eigenvalue weighted by atomic mass is 9.89. The fourth-order valence-electron chi connectivity index (χ4n) is 7.25. The number of epoxide rings is 1. The number of allylic oxidation sites excluding steroid dienone is 1. The minimum atomic E-state index is -1.15. The third-order valence-corrected chi connectivity index (χ3v) is 10.1. The second kappa shape index (κ2) is 11.8. The van der Waals surface area contributed by atoms with E-state index in [-0.39, 0.29) is 34.7 Å². The largest absolute Gasteiger partial charge is 0.507 e. The molecule has 13 heteroatoms. The van der Waals surface area contributed by atoms with Crippen LogP contribution in [0.15, 0.2) is 74.7 Å². The van der Waals surface area contributed by atoms with Crippen molar-refractivity contribution in [3.63, 3.8) is 0 Å². The number of esters is 1. The molecule has 4 aliphatic heterocycles. The second-order valence-electron chi connectivity index (χ2n) is 14.4. The number of nitrogens with zero attached hydrogens (tertiary/aromatic N) is 3. The Morgan fingerprint density at radius 1 is 1.10 bits per heavy atom. The molecule has 1 saturated heterocycles. The summed E-state index contributed by atoms with van der Waals surface area (Å²) >= 11 is 0. The average Bonchev–Trinajstić information content (AvgIpc) is 3.30. The van der Waals surface area contributed by atoms with Crippen molar-refractivity contribution in [2.75, 3.05) is 18.0 Å². The van der Waals surface area contributed by atoms with Gasteiger partial charge in [0.05, 0.1) is 23.1 Å². The van der Waals surface area contributed by atoms with Gasteiger partial charge in [-0.05, 0) is 76.4 Å². The number of nitrogen functional groups attached to an aromatic ring is 2. The summed E-state index contributed by atoms with van der Waals surface area (Å²) in [4.78, 5) is 41.0. The number of ether oxygens (including phenoxy) is 3. The molecule has 7 heterocycles. The van der Waals surface area contributed by atoms with Crippen molar-refractivity contribution in [1.82, 2.24) is 9.97 Å². The van der Waals surface area contributed by atoms with Crippen molar-refractivity contribution in [3.05, 3.63) is 93.3 Å². The van der Waals surface area contributed by atoms with Gasteiger partial charge in [-0.1, -0.05) is 0 Å². The molecule has 4 aliphatic rings. The highest BCUT2D eigenvalue weighted by atomic mass is 16.7. The van der Waals surface area contributed by atoms with Crippen molar-refractivity contribution >= 4 is 34.3 Å². The molecule has 0 spiro atoms. The van der Waals surface area contributed by atoms with Crippen LogP contribution in [0.5, 0.6) is 11.5 Å². The molecule has 6 N–H and O–H groups in total. The monoisotopic (exact) mass is 691 g/mol. The van der Waals surface area contributed by atoms with Gasteiger partial charge in [-0.2, -0.15) is 0 Å². The van der Waals surface area contributed by atoms with E-state index in [0.29, 0.717) is 53.8 Å². The van der Waals surface area contributed by atoms with E-state index in [2.05, 4.69) is 21.2 Å². The van der Waals surface area contributed by atoms with Crippen LogP contribution in [0.2, 0.25) is 0 Å². The molecule has 13 nitrogen and oxygen atoms in total. The first kappa shape index (κ1) is 32.7. The summed E-state index contributed by atoms with van der Waals surface area (Å²) in [6.07, 6.45) is 6.13. The Kier molecular flexibility index (Phi) is 7.54. The summed E-state index contributed by atoms with van der Waals surface area (Å²) in [5, 5.41) is 11.1. The molecular formula is C38H39N6O7+. The van der Waals surface area contributed by atoms with Crippen LogP contribution in [-0.2, 0) is 33.7 Å². The molecule has 1 aromatic carbocycles. The van der Waals surface area contributed by atoms with Gasteiger partial charge in [0, 0.05) is 35.9 Å². The van der Waals surface area contributed by atoms with Crippen LogP contribution in [0.3, 0.4) is 0 Å². The zero-order valence-electron chi connectivity index (χ0n) is 28.8. The van der Waals surface area contributed by atoms with E-state index in [1.165, 1.54) is 11.0 Å². The predicted octanol–water partition coefficient (Wildman–Crippen LogP) is 3.09. The molecule has 8 rings (SSSR count). The van der Waals surface area contributed by atoms with Crippen molar-refractivity contribution < 1.29 is 33.4 Å². The van der Waals surface area contributed by atoms with Crippen molar-refractivity contribution in [2.45, 2.75) is 76.9 Å². The number of fused-ring (bicyclic) bond motifs is 3. The average molecular weight is 692 g/mol. The maximum absolute atomic E-state index is 13.5. The quantitative estimate of drug-likeness (QED) is 0.157. The maximum Gasteiger partial charge on any atom is 0.341 e. The number of phenolic OH excluding ortho intramolecular Hbond substituents is 1. The number of hydrogen-bond acceptors (Lipinski definition) is 12. The molecule has 0 aliphatic carbocycles. The van der Waals surface area contributed by atoms with E-state index in [0.717, 1.165) is 34.7 Å². The normalized spacial score (nSPS) is 24.0. The molecule has 0 bridgehead atoms. The molecular weight excluding hydrogens is 652 g/mol. The van der Waals surface area contributed by atoms with E-state index in [4.69, 9.17) is 30.1 Å². The number of nitrogens with one attached hydrogen (secondary N) is 1. The zero-order valence-corrected chi connectivity index (χ0v) is 28.8. The van der Waals surface area contributed by atoms with Crippen molar-refractivity contribution in [3.8, 4) is 22.8 Å². The van der Waals surface area contributed by atoms with Gasteiger partial charge in [0.15, 0.2) is 11.0 Å². The Balaban J connectivity index is 0.934. The number of anilines is 2. The summed E-state index contributed by atoms with van der Waals surface area (Å²) < 4.78 is 23.8. The number of benzene rings is 1. The first-order valence-corrected chi connectivity index (χ1v) is 17.0. The number of carbonyl (C=O) groups is 1. The maximum atomic E-state index is 13.5. The molecule has 1 unspecified atom stereocenters. The first-order chi connectivity index (χ1) is 24.3. The fourth-order valence-corrected chi connectivity index (χ4v) is 7.25. The Morgan fingerprint density at radius 3 is 2.71 bits per heavy atom. The third-order valence-electron chi connectivity index (χ3n) is 10.1. The van der Waals surface area contributed by atoms with Gasteiger partial charge in [-0.25, -0.2) is 14.8 Å². The number of hydrogen-bond donors (Lipinski definition) is 4. The summed E-state index contributed by atoms with van der Waals surface area (Å²) in [6, 6.07) is 10.5. The molecule has 4 atom stereocenters. The summed E-state index contributed by atoms with van der Waals surface area (Å²) in [5.41, 5.74) is 16.2. The lowest BCUT2D eigenvalue weighted by Crippen LogP contribution is -3.05. The molecule has 1 fully saturated rings. The number of pyridine rings is 2. The SMILES string of the molecule is Cc1cc(=O)c2c(O)c3c(cc2o1)OC(C)(C)[C@H](OC(=O)[C@@]1(C)O[C@@H]1CCc1cc(N)nc(-c2cc(N)nc(C[NH+]4C=C5C=CN=C5C4)c2)c1)C3. The molecule has 262 valence electrons. The number of carbonyl (C=O) groups excluding carboxylic acids is 1. The molecule has 0 amide bonds. The van der Waals surface area contributed by atoms with Gasteiger partial charge in [-0.3, -0.25) is 14.7 Å². The van der Waals surface area contributed by atoms with Crippen LogP contribution in [-0.4, -0.2) is 56.7 Å². The van der Waals surface area contributed by atoms with E-state index < -0.39 is 23.3 Å². The lowest BCUT2D eigenvalue weighted by molar-refractivity contribution is -0.848. The highest BCUT2D eigenvalue weighted by Crippen LogP contribution is 2.45. The van der Waals surface area contributed by atoms with E-state index >= 15 is 0 Å². The number of nitrogens with two attached hydrogens (primary N) is 2. The van der Waals surface area contributed by atoms with Crippen molar-refractivity contribution in [2.24, 2.45) is 4.99 Å². The van der Waals surface area contributed by atoms with Gasteiger partial charge >= 0.3 is 5.97 Å². The van der Waals surface area contributed by atoms with Gasteiger partial charge in [-0.15, -0.1) is 0 Å². The number of aromatic nitrogens is 2. The molecule has 3 aromatic heterocycles. The fraction of sp³-hybridized carbons (Fsp3) is 0.342. The Labute approximate surface area is 293 Å². The number of aliphatic imine (C=N–C) groups is 1. The molecule has 0 radical (unpaired) electrons. The topological polar surface area (TPSA) is 193 Å². The minimum Gasteiger partial charge on any atom is -0.507 e. The van der Waals surface area contributed by atoms with Crippen LogP contribution in [0, 0.1) is 6.92 Å². The smallest absolute Gasteiger partial charge is 0.341 e. The third kappa shape index (κ3) is 6.02. The number of aryl methyl sites for hydroxylation is 2. The highest BCUT2D eigenvalue weighted by molar-refractivity contribution is 6.06. The number of phenols is 1. The van der Waals surface area contributed by atoms with Crippen LogP contribution < -0.4 is 26.5 Å². The lowest BCUT2D eigenvalue weighted by Gasteiger charge is -2.39.